The van der Waals surface area contributed by atoms with Crippen molar-refractivity contribution in [3.8, 4) is 28.1 Å². The highest BCUT2D eigenvalue weighted by molar-refractivity contribution is 6.17. The van der Waals surface area contributed by atoms with Crippen LogP contribution in [0.25, 0.3) is 22.4 Å². The zero-order valence-corrected chi connectivity index (χ0v) is 25.6. The number of fused-ring (bicyclic) bond motifs is 3. The van der Waals surface area contributed by atoms with Gasteiger partial charge in [0, 0.05) is 28.8 Å². The van der Waals surface area contributed by atoms with Gasteiger partial charge in [-0.15, -0.1) is 0 Å². The molecule has 1 radical (unpaired) electrons. The van der Waals surface area contributed by atoms with Gasteiger partial charge in [-0.05, 0) is 94.0 Å². The predicted molar refractivity (Wildman–Crippen MR) is 190 cm³/mol. The summed E-state index contributed by atoms with van der Waals surface area (Å²) in [5, 5.41) is 9.21. The van der Waals surface area contributed by atoms with Gasteiger partial charge in [-0.3, -0.25) is 4.98 Å². The smallest absolute Gasteiger partial charge is 0.537 e. The number of pyridine rings is 1. The van der Waals surface area contributed by atoms with E-state index in [-0.39, 0.29) is 0 Å². The van der Waals surface area contributed by atoms with Gasteiger partial charge in [0.05, 0.1) is 11.1 Å². The maximum atomic E-state index is 9.21. The quantitative estimate of drug-likeness (QED) is 0.175. The lowest BCUT2D eigenvalue weighted by atomic mass is 9.67. The van der Waals surface area contributed by atoms with E-state index in [4.69, 9.17) is 4.65 Å². The molecule has 0 amide bonds. The zero-order valence-electron chi connectivity index (χ0n) is 25.6. The van der Waals surface area contributed by atoms with Crippen LogP contribution >= 0.6 is 0 Å². The van der Waals surface area contributed by atoms with E-state index < -0.39 is 5.41 Å². The van der Waals surface area contributed by atoms with Crippen molar-refractivity contribution in [2.45, 2.75) is 5.41 Å². The molecule has 1 aliphatic carbocycles. The Balaban J connectivity index is 1.35. The summed E-state index contributed by atoms with van der Waals surface area (Å²) >= 11 is 0. The second-order valence-corrected chi connectivity index (χ2v) is 11.6. The number of anilines is 3. The molecule has 0 atom stereocenters. The fourth-order valence-electron chi connectivity index (χ4n) is 7.07. The third kappa shape index (κ3) is 4.89. The monoisotopic (exact) mass is 605 g/mol. The first kappa shape index (κ1) is 28.6. The number of hydrogen-bond acceptors (Lipinski definition) is 4. The lowest BCUT2D eigenvalue weighted by Gasteiger charge is -2.35. The van der Waals surface area contributed by atoms with Crippen molar-refractivity contribution >= 4 is 24.7 Å². The second kappa shape index (κ2) is 12.1. The number of hydrogen-bond donors (Lipinski definition) is 1. The van der Waals surface area contributed by atoms with Crippen molar-refractivity contribution < 1.29 is 9.68 Å². The average molecular weight is 606 g/mol. The van der Waals surface area contributed by atoms with Crippen LogP contribution in [-0.2, 0) is 5.41 Å². The Hall–Kier alpha value is -5.91. The van der Waals surface area contributed by atoms with Crippen molar-refractivity contribution in [3.63, 3.8) is 0 Å². The molecule has 223 valence electrons. The van der Waals surface area contributed by atoms with E-state index in [0.717, 1.165) is 28.3 Å². The molecular formula is C42H30BN2O2. The fourth-order valence-corrected chi connectivity index (χ4v) is 7.07. The van der Waals surface area contributed by atoms with Gasteiger partial charge in [0.1, 0.15) is 5.75 Å². The molecule has 1 N–H and O–H groups in total. The summed E-state index contributed by atoms with van der Waals surface area (Å²) in [6.45, 7) is 0. The maximum absolute atomic E-state index is 9.21. The summed E-state index contributed by atoms with van der Waals surface area (Å²) in [6, 6.07) is 59.5. The SMILES string of the molecule is O[B]Oc1ccc(N(c2ccc(-c3ccccn3)cc2)c2ccc3c(c2)C(c2ccccc2)(c2ccccc2)c2ccccc2-3)cc1. The van der Waals surface area contributed by atoms with Gasteiger partial charge in [0.25, 0.3) is 0 Å². The number of nitrogens with zero attached hydrogens (tertiary/aromatic N) is 2. The van der Waals surface area contributed by atoms with Crippen LogP contribution in [-0.4, -0.2) is 17.7 Å². The predicted octanol–water partition coefficient (Wildman–Crippen LogP) is 9.49. The van der Waals surface area contributed by atoms with Crippen LogP contribution in [0.3, 0.4) is 0 Å². The molecule has 1 heterocycles. The molecule has 47 heavy (non-hydrogen) atoms. The van der Waals surface area contributed by atoms with Gasteiger partial charge in [0.15, 0.2) is 0 Å². The molecule has 6 aromatic carbocycles. The zero-order chi connectivity index (χ0) is 31.6. The van der Waals surface area contributed by atoms with Gasteiger partial charge >= 0.3 is 7.69 Å². The molecule has 7 aromatic rings. The molecule has 4 nitrogen and oxygen atoms in total. The van der Waals surface area contributed by atoms with Crippen LogP contribution in [0.2, 0.25) is 0 Å². The molecule has 1 aromatic heterocycles. The van der Waals surface area contributed by atoms with E-state index in [1.54, 1.807) is 0 Å². The van der Waals surface area contributed by atoms with Gasteiger partial charge in [0.2, 0.25) is 0 Å². The Kier molecular flexibility index (Phi) is 7.37. The van der Waals surface area contributed by atoms with E-state index in [2.05, 4.69) is 137 Å². The number of benzene rings is 6. The molecule has 1 aliphatic rings. The standard InChI is InChI=1S/C42H30BN2O2/c46-43-47-36-25-22-34(23-26-36)45(33-20-18-30(19-21-33)41-17-9-10-28-44-41)35-24-27-38-37-15-7-8-16-39(37)42(40(38)29-35,31-11-3-1-4-12-31)32-13-5-2-6-14-32/h1-29,46H. The maximum Gasteiger partial charge on any atom is 0.569 e. The van der Waals surface area contributed by atoms with Crippen molar-refractivity contribution in [3.05, 3.63) is 198 Å². The van der Waals surface area contributed by atoms with E-state index >= 15 is 0 Å². The van der Waals surface area contributed by atoms with E-state index in [1.165, 1.54) is 33.4 Å². The largest absolute Gasteiger partial charge is 0.569 e. The minimum absolute atomic E-state index is 0.506. The van der Waals surface area contributed by atoms with E-state index in [9.17, 15) is 5.02 Å². The summed E-state index contributed by atoms with van der Waals surface area (Å²) in [5.41, 5.74) is 11.9. The summed E-state index contributed by atoms with van der Waals surface area (Å²) in [5.74, 6) is 0.554. The highest BCUT2D eigenvalue weighted by Gasteiger charge is 2.46. The molecule has 0 saturated carbocycles. The van der Waals surface area contributed by atoms with Crippen LogP contribution in [0.15, 0.2) is 176 Å². The molecule has 8 rings (SSSR count). The topological polar surface area (TPSA) is 45.6 Å². The first-order chi connectivity index (χ1) is 23.3. The minimum atomic E-state index is -0.506. The normalized spacial score (nSPS) is 12.5. The van der Waals surface area contributed by atoms with Gasteiger partial charge in [-0.2, -0.15) is 0 Å². The summed E-state index contributed by atoms with van der Waals surface area (Å²) in [4.78, 5) is 6.81. The van der Waals surface area contributed by atoms with Crippen LogP contribution in [0.5, 0.6) is 5.75 Å². The third-order valence-corrected chi connectivity index (χ3v) is 9.07. The Bertz CT molecular complexity index is 2100. The Morgan fingerprint density at radius 3 is 1.74 bits per heavy atom. The second-order valence-electron chi connectivity index (χ2n) is 11.6. The van der Waals surface area contributed by atoms with Gasteiger partial charge in [-0.1, -0.05) is 109 Å². The van der Waals surface area contributed by atoms with Crippen molar-refractivity contribution in [2.24, 2.45) is 0 Å². The average Bonchev–Trinajstić information content (AvgIpc) is 3.44. The van der Waals surface area contributed by atoms with Crippen LogP contribution in [0.4, 0.5) is 17.1 Å². The first-order valence-electron chi connectivity index (χ1n) is 15.7. The van der Waals surface area contributed by atoms with E-state index in [1.807, 2.05) is 48.7 Å². The van der Waals surface area contributed by atoms with E-state index in [0.29, 0.717) is 13.4 Å². The molecule has 0 saturated heterocycles. The van der Waals surface area contributed by atoms with Crippen molar-refractivity contribution in [2.75, 3.05) is 4.90 Å². The summed E-state index contributed by atoms with van der Waals surface area (Å²) < 4.78 is 5.24. The summed E-state index contributed by atoms with van der Waals surface area (Å²) in [6.07, 6.45) is 1.82. The Morgan fingerprint density at radius 1 is 0.532 bits per heavy atom. The molecular weight excluding hydrogens is 575 g/mol. The van der Waals surface area contributed by atoms with Gasteiger partial charge in [-0.25, -0.2) is 0 Å². The fraction of sp³-hybridized carbons (Fsp3) is 0.0238. The molecule has 0 bridgehead atoms. The Labute approximate surface area is 275 Å². The molecule has 5 heteroatoms. The van der Waals surface area contributed by atoms with Gasteiger partial charge < -0.3 is 14.6 Å². The summed E-state index contributed by atoms with van der Waals surface area (Å²) in [7, 11) is 0.702. The Morgan fingerprint density at radius 2 is 1.11 bits per heavy atom. The lowest BCUT2D eigenvalue weighted by Crippen LogP contribution is -2.28. The number of aromatic nitrogens is 1. The third-order valence-electron chi connectivity index (χ3n) is 9.07. The molecule has 0 fully saturated rings. The first-order valence-corrected chi connectivity index (χ1v) is 15.7. The highest BCUT2D eigenvalue weighted by atomic mass is 16.5. The molecule has 0 unspecified atom stereocenters. The molecule has 0 spiro atoms. The lowest BCUT2D eigenvalue weighted by molar-refractivity contribution is 0.454. The number of rotatable bonds is 8. The van der Waals surface area contributed by atoms with Crippen LogP contribution in [0.1, 0.15) is 22.3 Å². The van der Waals surface area contributed by atoms with Crippen molar-refractivity contribution in [1.29, 1.82) is 0 Å². The van der Waals surface area contributed by atoms with Crippen molar-refractivity contribution in [1.82, 2.24) is 4.98 Å². The van der Waals surface area contributed by atoms with Crippen LogP contribution < -0.4 is 9.55 Å². The molecule has 0 aliphatic heterocycles. The highest BCUT2D eigenvalue weighted by Crippen LogP contribution is 2.57. The minimum Gasteiger partial charge on any atom is -0.537 e. The van der Waals surface area contributed by atoms with Crippen LogP contribution in [0, 0.1) is 0 Å².